The number of aromatic nitrogens is 2. The van der Waals surface area contributed by atoms with Gasteiger partial charge in [-0.3, -0.25) is 5.32 Å². The number of nitrogen functional groups attached to an aromatic ring is 1. The number of rotatable bonds is 1. The lowest BCUT2D eigenvalue weighted by atomic mass is 10.6. The molecule has 0 aromatic carbocycles. The van der Waals surface area contributed by atoms with Crippen molar-refractivity contribution in [2.45, 2.75) is 0 Å². The van der Waals surface area contributed by atoms with E-state index in [1.807, 2.05) is 5.32 Å². The Morgan fingerprint density at radius 1 is 1.73 bits per heavy atom. The summed E-state index contributed by atoms with van der Waals surface area (Å²) in [6.07, 6.45) is 0.191. The third kappa shape index (κ3) is 2.09. The van der Waals surface area contributed by atoms with Gasteiger partial charge in [0.1, 0.15) is 5.82 Å². The fraction of sp³-hybridized carbons (Fsp3) is 0. The molecule has 6 heteroatoms. The number of carboxylic acid groups (broad SMARTS) is 1. The van der Waals surface area contributed by atoms with Gasteiger partial charge in [0.2, 0.25) is 5.95 Å². The second kappa shape index (κ2) is 2.82. The molecule has 1 aromatic rings. The summed E-state index contributed by atoms with van der Waals surface area (Å²) in [5, 5.41) is 10.3. The number of nitrogens with zero attached hydrogens (tertiary/aromatic N) is 2. The van der Waals surface area contributed by atoms with Crippen molar-refractivity contribution in [3.05, 3.63) is 12.3 Å². The van der Waals surface area contributed by atoms with E-state index >= 15 is 0 Å². The first-order valence-electron chi connectivity index (χ1n) is 2.77. The molecule has 0 aliphatic rings. The van der Waals surface area contributed by atoms with Crippen LogP contribution in [0.4, 0.5) is 16.6 Å². The van der Waals surface area contributed by atoms with Crippen LogP contribution in [0.15, 0.2) is 12.3 Å². The van der Waals surface area contributed by atoms with Gasteiger partial charge >= 0.3 is 6.09 Å². The summed E-state index contributed by atoms with van der Waals surface area (Å²) in [5.41, 5.74) is 5.18. The van der Waals surface area contributed by atoms with E-state index in [-0.39, 0.29) is 11.8 Å². The van der Waals surface area contributed by atoms with Crippen LogP contribution in [-0.4, -0.2) is 21.2 Å². The van der Waals surface area contributed by atoms with Gasteiger partial charge in [-0.1, -0.05) is 0 Å². The molecule has 0 unspecified atom stereocenters. The molecule has 0 aliphatic heterocycles. The fourth-order valence-electron chi connectivity index (χ4n) is 0.553. The molecule has 0 radical (unpaired) electrons. The Kier molecular flexibility index (Phi) is 1.86. The molecule has 1 heterocycles. The largest absolute Gasteiger partial charge is 0.465 e. The molecular weight excluding hydrogens is 148 g/mol. The predicted molar refractivity (Wildman–Crippen MR) is 38.1 cm³/mol. The van der Waals surface area contributed by atoms with Crippen molar-refractivity contribution in [2.75, 3.05) is 11.1 Å². The standard InChI is InChI=1S/C5H6N4O2/c6-4-7-2-1-3(8-4)9-5(10)11/h1-2H,(H,10,11)(H3,6,7,8,9). The van der Waals surface area contributed by atoms with Gasteiger partial charge in [0, 0.05) is 6.20 Å². The molecule has 0 atom stereocenters. The zero-order valence-corrected chi connectivity index (χ0v) is 5.48. The van der Waals surface area contributed by atoms with E-state index < -0.39 is 6.09 Å². The molecule has 4 N–H and O–H groups in total. The van der Waals surface area contributed by atoms with Crippen molar-refractivity contribution in [1.29, 1.82) is 0 Å². The Morgan fingerprint density at radius 2 is 2.45 bits per heavy atom. The lowest BCUT2D eigenvalue weighted by Crippen LogP contribution is -2.09. The van der Waals surface area contributed by atoms with E-state index in [0.29, 0.717) is 0 Å². The molecule has 58 valence electrons. The number of amides is 1. The average molecular weight is 154 g/mol. The maximum Gasteiger partial charge on any atom is 0.410 e. The highest BCUT2D eigenvalue weighted by molar-refractivity contribution is 5.81. The van der Waals surface area contributed by atoms with Gasteiger partial charge in [0.25, 0.3) is 0 Å². The first kappa shape index (κ1) is 7.26. The van der Waals surface area contributed by atoms with E-state index in [1.165, 1.54) is 12.3 Å². The van der Waals surface area contributed by atoms with Gasteiger partial charge in [-0.2, -0.15) is 4.98 Å². The summed E-state index contributed by atoms with van der Waals surface area (Å²) >= 11 is 0. The Bertz CT molecular complexity index is 275. The van der Waals surface area contributed by atoms with E-state index in [1.54, 1.807) is 0 Å². The smallest absolute Gasteiger partial charge is 0.410 e. The zero-order chi connectivity index (χ0) is 8.27. The number of nitrogens with one attached hydrogen (secondary N) is 1. The molecule has 0 saturated carbocycles. The molecular formula is C5H6N4O2. The Morgan fingerprint density at radius 3 is 3.00 bits per heavy atom. The maximum atomic E-state index is 10.1. The first-order chi connectivity index (χ1) is 5.18. The van der Waals surface area contributed by atoms with Crippen LogP contribution in [0.25, 0.3) is 0 Å². The van der Waals surface area contributed by atoms with Gasteiger partial charge in [0.05, 0.1) is 0 Å². The van der Waals surface area contributed by atoms with Crippen LogP contribution in [0.3, 0.4) is 0 Å². The highest BCUT2D eigenvalue weighted by Gasteiger charge is 1.98. The zero-order valence-electron chi connectivity index (χ0n) is 5.48. The van der Waals surface area contributed by atoms with Crippen molar-refractivity contribution in [3.63, 3.8) is 0 Å². The van der Waals surface area contributed by atoms with E-state index in [0.717, 1.165) is 0 Å². The first-order valence-corrected chi connectivity index (χ1v) is 2.77. The van der Waals surface area contributed by atoms with Crippen LogP contribution in [0.2, 0.25) is 0 Å². The fourth-order valence-corrected chi connectivity index (χ4v) is 0.553. The summed E-state index contributed by atoms with van der Waals surface area (Å²) in [5.74, 6) is 0.209. The van der Waals surface area contributed by atoms with Gasteiger partial charge in [-0.15, -0.1) is 0 Å². The topological polar surface area (TPSA) is 101 Å². The highest BCUT2D eigenvalue weighted by Crippen LogP contribution is 2.01. The van der Waals surface area contributed by atoms with Crippen LogP contribution in [-0.2, 0) is 0 Å². The molecule has 0 bridgehead atoms. The number of hydrogen-bond donors (Lipinski definition) is 3. The van der Waals surface area contributed by atoms with Crippen molar-refractivity contribution >= 4 is 17.9 Å². The lowest BCUT2D eigenvalue weighted by molar-refractivity contribution is 0.209. The minimum Gasteiger partial charge on any atom is -0.465 e. The lowest BCUT2D eigenvalue weighted by Gasteiger charge is -1.97. The summed E-state index contributed by atoms with van der Waals surface area (Å²) in [6, 6.07) is 1.41. The van der Waals surface area contributed by atoms with Gasteiger partial charge < -0.3 is 10.8 Å². The summed E-state index contributed by atoms with van der Waals surface area (Å²) < 4.78 is 0. The number of nitrogens with two attached hydrogens (primary N) is 1. The third-order valence-corrected chi connectivity index (χ3v) is 0.909. The molecule has 11 heavy (non-hydrogen) atoms. The Labute approximate surface area is 62.1 Å². The van der Waals surface area contributed by atoms with E-state index in [4.69, 9.17) is 10.8 Å². The quantitative estimate of drug-likeness (QED) is 0.534. The van der Waals surface area contributed by atoms with Gasteiger partial charge in [0.15, 0.2) is 0 Å². The van der Waals surface area contributed by atoms with Crippen molar-refractivity contribution < 1.29 is 9.90 Å². The monoisotopic (exact) mass is 154 g/mol. The molecule has 1 amide bonds. The van der Waals surface area contributed by atoms with E-state index in [2.05, 4.69) is 9.97 Å². The number of anilines is 2. The molecule has 0 aliphatic carbocycles. The number of hydrogen-bond acceptors (Lipinski definition) is 4. The van der Waals surface area contributed by atoms with Crippen molar-refractivity contribution in [2.24, 2.45) is 0 Å². The summed E-state index contributed by atoms with van der Waals surface area (Å²) in [6.45, 7) is 0. The van der Waals surface area contributed by atoms with Gasteiger partial charge in [-0.25, -0.2) is 9.78 Å². The maximum absolute atomic E-state index is 10.1. The molecule has 6 nitrogen and oxygen atoms in total. The third-order valence-electron chi connectivity index (χ3n) is 0.909. The SMILES string of the molecule is Nc1nccc(NC(=O)O)n1. The Hall–Kier alpha value is -1.85. The van der Waals surface area contributed by atoms with Crippen molar-refractivity contribution in [3.8, 4) is 0 Å². The van der Waals surface area contributed by atoms with Gasteiger partial charge in [-0.05, 0) is 6.07 Å². The van der Waals surface area contributed by atoms with Crippen LogP contribution in [0.1, 0.15) is 0 Å². The van der Waals surface area contributed by atoms with Crippen LogP contribution >= 0.6 is 0 Å². The van der Waals surface area contributed by atoms with Crippen LogP contribution < -0.4 is 11.1 Å². The van der Waals surface area contributed by atoms with Crippen LogP contribution in [0.5, 0.6) is 0 Å². The molecule has 1 rings (SSSR count). The second-order valence-corrected chi connectivity index (χ2v) is 1.73. The normalized spacial score (nSPS) is 9.09. The number of carbonyl (C=O) groups is 1. The van der Waals surface area contributed by atoms with Crippen molar-refractivity contribution in [1.82, 2.24) is 9.97 Å². The minimum absolute atomic E-state index is 0.0382. The molecule has 1 aromatic heterocycles. The predicted octanol–water partition coefficient (Wildman–Crippen LogP) is 0.149. The Balaban J connectivity index is 2.79. The second-order valence-electron chi connectivity index (χ2n) is 1.73. The molecule has 0 fully saturated rings. The van der Waals surface area contributed by atoms with E-state index in [9.17, 15) is 4.79 Å². The minimum atomic E-state index is -1.18. The molecule has 0 saturated heterocycles. The molecule has 0 spiro atoms. The summed E-state index contributed by atoms with van der Waals surface area (Å²) in [7, 11) is 0. The average Bonchev–Trinajstić information content (AvgIpc) is 1.85. The highest BCUT2D eigenvalue weighted by atomic mass is 16.4. The van der Waals surface area contributed by atoms with Crippen LogP contribution in [0, 0.1) is 0 Å². The summed E-state index contributed by atoms with van der Waals surface area (Å²) in [4.78, 5) is 17.2.